The van der Waals surface area contributed by atoms with E-state index in [4.69, 9.17) is 0 Å². The molecule has 1 saturated carbocycles. The number of hydrogen-bond acceptors (Lipinski definition) is 4. The maximum Gasteiger partial charge on any atom is 0.243 e. The Bertz CT molecular complexity index is 1500. The Balaban J connectivity index is 1.60. The average molecular weight is 618 g/mol. The number of carbonyl (C=O) groups excluding carboxylic acids is 2. The van der Waals surface area contributed by atoms with Crippen molar-refractivity contribution in [3.63, 3.8) is 0 Å². The topological polar surface area (TPSA) is 86.8 Å². The zero-order valence-corrected chi connectivity index (χ0v) is 27.4. The summed E-state index contributed by atoms with van der Waals surface area (Å²) in [6.07, 6.45) is 7.32. The van der Waals surface area contributed by atoms with Gasteiger partial charge in [-0.3, -0.25) is 13.9 Å². The first kappa shape index (κ1) is 33.2. The summed E-state index contributed by atoms with van der Waals surface area (Å²) in [6.45, 7) is 6.36. The van der Waals surface area contributed by atoms with Gasteiger partial charge in [0.25, 0.3) is 0 Å². The first-order valence-electron chi connectivity index (χ1n) is 15.8. The van der Waals surface area contributed by atoms with Gasteiger partial charge in [0, 0.05) is 32.0 Å². The van der Waals surface area contributed by atoms with Crippen LogP contribution in [0.1, 0.15) is 72.8 Å². The Labute approximate surface area is 263 Å². The Morgan fingerprint density at radius 1 is 0.886 bits per heavy atom. The summed E-state index contributed by atoms with van der Waals surface area (Å²) in [7, 11) is -3.57. The highest BCUT2D eigenvalue weighted by Crippen LogP contribution is 2.24. The molecule has 1 atom stereocenters. The number of benzene rings is 3. The van der Waals surface area contributed by atoms with Crippen LogP contribution in [0.25, 0.3) is 0 Å². The van der Waals surface area contributed by atoms with Crippen LogP contribution in [0.5, 0.6) is 0 Å². The number of nitrogens with zero attached hydrogens (tertiary/aromatic N) is 2. The Hall–Kier alpha value is -3.65. The first-order chi connectivity index (χ1) is 21.0. The molecule has 0 unspecified atom stereocenters. The lowest BCUT2D eigenvalue weighted by Crippen LogP contribution is -2.53. The smallest absolute Gasteiger partial charge is 0.243 e. The van der Waals surface area contributed by atoms with E-state index < -0.39 is 16.1 Å². The normalized spacial score (nSPS) is 14.5. The molecule has 0 saturated heterocycles. The molecular formula is C36H47N3O4S. The molecule has 1 aliphatic carbocycles. The monoisotopic (exact) mass is 617 g/mol. The van der Waals surface area contributed by atoms with E-state index in [0.717, 1.165) is 53.5 Å². The highest BCUT2D eigenvalue weighted by molar-refractivity contribution is 7.92. The van der Waals surface area contributed by atoms with E-state index in [9.17, 15) is 18.0 Å². The number of rotatable bonds is 13. The third kappa shape index (κ3) is 9.42. The van der Waals surface area contributed by atoms with Crippen molar-refractivity contribution in [3.8, 4) is 0 Å². The van der Waals surface area contributed by atoms with Crippen molar-refractivity contribution in [3.05, 3.63) is 101 Å². The minimum atomic E-state index is -3.57. The molecule has 0 aliphatic heterocycles. The van der Waals surface area contributed by atoms with E-state index in [0.29, 0.717) is 25.1 Å². The van der Waals surface area contributed by atoms with Gasteiger partial charge < -0.3 is 10.2 Å². The van der Waals surface area contributed by atoms with Gasteiger partial charge in [-0.05, 0) is 80.0 Å². The van der Waals surface area contributed by atoms with Crippen molar-refractivity contribution in [2.24, 2.45) is 0 Å². The van der Waals surface area contributed by atoms with Gasteiger partial charge >= 0.3 is 0 Å². The first-order valence-corrected chi connectivity index (χ1v) is 17.6. The quantitative estimate of drug-likeness (QED) is 0.246. The van der Waals surface area contributed by atoms with Crippen LogP contribution in [0.15, 0.2) is 72.8 Å². The third-order valence-corrected chi connectivity index (χ3v) is 9.67. The minimum Gasteiger partial charge on any atom is -0.352 e. The van der Waals surface area contributed by atoms with E-state index in [2.05, 4.69) is 5.32 Å². The van der Waals surface area contributed by atoms with E-state index in [1.807, 2.05) is 93.6 Å². The second-order valence-corrected chi connectivity index (χ2v) is 14.2. The van der Waals surface area contributed by atoms with Gasteiger partial charge in [0.05, 0.1) is 11.9 Å². The summed E-state index contributed by atoms with van der Waals surface area (Å²) in [5.74, 6) is -0.294. The zero-order chi connectivity index (χ0) is 31.7. The summed E-state index contributed by atoms with van der Waals surface area (Å²) < 4.78 is 27.0. The lowest BCUT2D eigenvalue weighted by Gasteiger charge is -2.34. The highest BCUT2D eigenvalue weighted by atomic mass is 32.2. The number of hydrogen-bond donors (Lipinski definition) is 1. The molecule has 0 radical (unpaired) electrons. The predicted octanol–water partition coefficient (Wildman–Crippen LogP) is 6.25. The minimum absolute atomic E-state index is 0.116. The average Bonchev–Trinajstić information content (AvgIpc) is 2.97. The molecule has 0 bridgehead atoms. The maximum absolute atomic E-state index is 14.1. The number of nitrogens with one attached hydrogen (secondary N) is 1. The van der Waals surface area contributed by atoms with Crippen LogP contribution in [-0.4, -0.2) is 50.0 Å². The number of sulfonamides is 1. The van der Waals surface area contributed by atoms with Crippen molar-refractivity contribution in [1.82, 2.24) is 10.2 Å². The van der Waals surface area contributed by atoms with Gasteiger partial charge in [-0.2, -0.15) is 0 Å². The molecule has 3 aromatic carbocycles. The van der Waals surface area contributed by atoms with Crippen molar-refractivity contribution in [1.29, 1.82) is 0 Å². The van der Waals surface area contributed by atoms with Crippen LogP contribution < -0.4 is 9.62 Å². The SMILES string of the molecule is Cc1cc(C)cc(N(CCCC(=O)N(Cc2ccccc2C)[C@H](Cc2ccccc2)C(=O)NC2CCCCC2)S(C)(=O)=O)c1. The van der Waals surface area contributed by atoms with Crippen LogP contribution in [0.3, 0.4) is 0 Å². The van der Waals surface area contributed by atoms with E-state index in [1.54, 1.807) is 4.90 Å². The second kappa shape index (κ2) is 15.4. The predicted molar refractivity (Wildman–Crippen MR) is 178 cm³/mol. The Morgan fingerprint density at radius 3 is 2.16 bits per heavy atom. The molecular weight excluding hydrogens is 570 g/mol. The third-order valence-electron chi connectivity index (χ3n) is 8.47. The largest absolute Gasteiger partial charge is 0.352 e. The van der Waals surface area contributed by atoms with Crippen LogP contribution in [0.4, 0.5) is 5.69 Å². The van der Waals surface area contributed by atoms with Crippen LogP contribution in [0, 0.1) is 20.8 Å². The molecule has 3 aromatic rings. The van der Waals surface area contributed by atoms with E-state index in [-0.39, 0.29) is 30.8 Å². The maximum atomic E-state index is 14.1. The summed E-state index contributed by atoms with van der Waals surface area (Å²) in [6, 6.07) is 22.9. The summed E-state index contributed by atoms with van der Waals surface area (Å²) >= 11 is 0. The molecule has 1 fully saturated rings. The highest BCUT2D eigenvalue weighted by Gasteiger charge is 2.32. The summed E-state index contributed by atoms with van der Waals surface area (Å²) in [5.41, 5.74) is 5.57. The summed E-state index contributed by atoms with van der Waals surface area (Å²) in [4.78, 5) is 29.9. The van der Waals surface area contributed by atoms with Crippen molar-refractivity contribution in [2.75, 3.05) is 17.1 Å². The van der Waals surface area contributed by atoms with Gasteiger partial charge in [0.1, 0.15) is 6.04 Å². The van der Waals surface area contributed by atoms with Crippen molar-refractivity contribution < 1.29 is 18.0 Å². The van der Waals surface area contributed by atoms with Gasteiger partial charge in [-0.15, -0.1) is 0 Å². The fraction of sp³-hybridized carbons (Fsp3) is 0.444. The van der Waals surface area contributed by atoms with Gasteiger partial charge in [-0.25, -0.2) is 8.42 Å². The zero-order valence-electron chi connectivity index (χ0n) is 26.6. The fourth-order valence-electron chi connectivity index (χ4n) is 6.17. The van der Waals surface area contributed by atoms with E-state index in [1.165, 1.54) is 17.0 Å². The number of carbonyl (C=O) groups is 2. The Morgan fingerprint density at radius 2 is 1.52 bits per heavy atom. The lowest BCUT2D eigenvalue weighted by molar-refractivity contribution is -0.141. The molecule has 2 amide bonds. The summed E-state index contributed by atoms with van der Waals surface area (Å²) in [5, 5.41) is 3.28. The van der Waals surface area contributed by atoms with Crippen LogP contribution in [0.2, 0.25) is 0 Å². The van der Waals surface area contributed by atoms with E-state index >= 15 is 0 Å². The second-order valence-electron chi connectivity index (χ2n) is 12.3. The molecule has 0 aromatic heterocycles. The number of anilines is 1. The lowest BCUT2D eigenvalue weighted by atomic mass is 9.94. The molecule has 8 heteroatoms. The molecule has 4 rings (SSSR count). The molecule has 1 N–H and O–H groups in total. The molecule has 0 heterocycles. The number of amides is 2. The standard InChI is InChI=1S/C36H47N3O4S/c1-27-22-28(2)24-33(23-27)39(44(4,42)43)21-13-20-35(40)38(26-31-17-12-11-14-29(31)3)34(25-30-15-7-5-8-16-30)36(41)37-32-18-9-6-10-19-32/h5,7-8,11-12,14-17,22-24,32,34H,6,9-10,13,18-21,25-26H2,1-4H3,(H,37,41)/t34-/m1/s1. The van der Waals surface area contributed by atoms with Crippen LogP contribution >= 0.6 is 0 Å². The molecule has 1 aliphatic rings. The van der Waals surface area contributed by atoms with Gasteiger partial charge in [-0.1, -0.05) is 79.9 Å². The molecule has 44 heavy (non-hydrogen) atoms. The van der Waals surface area contributed by atoms with Gasteiger partial charge in [0.15, 0.2) is 0 Å². The van der Waals surface area contributed by atoms with Gasteiger partial charge in [0.2, 0.25) is 21.8 Å². The fourth-order valence-corrected chi connectivity index (χ4v) is 7.12. The molecule has 7 nitrogen and oxygen atoms in total. The molecule has 0 spiro atoms. The van der Waals surface area contributed by atoms with Crippen LogP contribution in [-0.2, 0) is 32.6 Å². The van der Waals surface area contributed by atoms with Crippen molar-refractivity contribution >= 4 is 27.5 Å². The molecule has 236 valence electrons. The number of aryl methyl sites for hydroxylation is 3. The Kier molecular flexibility index (Phi) is 11.6. The van der Waals surface area contributed by atoms with Crippen molar-refractivity contribution in [2.45, 2.75) is 90.8 Å².